The van der Waals surface area contributed by atoms with Crippen molar-refractivity contribution in [2.45, 2.75) is 6.04 Å². The van der Waals surface area contributed by atoms with Crippen LogP contribution in [0.4, 0.5) is 5.13 Å². The van der Waals surface area contributed by atoms with Crippen LogP contribution < -0.4 is 5.73 Å². The van der Waals surface area contributed by atoms with Crippen molar-refractivity contribution in [1.82, 2.24) is 14.8 Å². The van der Waals surface area contributed by atoms with Gasteiger partial charge in [-0.1, -0.05) is 11.3 Å². The number of thiazole rings is 1. The monoisotopic (exact) mass is 346 g/mol. The minimum Gasteiger partial charge on any atom is -0.378 e. The maximum atomic E-state index is 12.9. The van der Waals surface area contributed by atoms with Gasteiger partial charge < -0.3 is 20.3 Å². The van der Waals surface area contributed by atoms with E-state index >= 15 is 0 Å². The van der Waals surface area contributed by atoms with Crippen LogP contribution in [-0.4, -0.2) is 66.0 Å². The Morgan fingerprint density at radius 2 is 2.21 bits per heavy atom. The predicted molar refractivity (Wildman–Crippen MR) is 90.8 cm³/mol. The summed E-state index contributed by atoms with van der Waals surface area (Å²) in [6.07, 6.45) is 0. The van der Waals surface area contributed by atoms with Gasteiger partial charge in [0.15, 0.2) is 5.13 Å². The second-order valence-corrected chi connectivity index (χ2v) is 7.34. The van der Waals surface area contributed by atoms with E-state index < -0.39 is 0 Å². The molecule has 0 spiro atoms. The lowest BCUT2D eigenvalue weighted by Crippen LogP contribution is -2.45. The Hall–Kier alpha value is -2.19. The molecule has 0 unspecified atom stereocenters. The average molecular weight is 346 g/mol. The Morgan fingerprint density at radius 1 is 1.38 bits per heavy atom. The van der Waals surface area contributed by atoms with Gasteiger partial charge in [0.05, 0.1) is 35.4 Å². The molecule has 2 saturated heterocycles. The molecule has 2 amide bonds. The summed E-state index contributed by atoms with van der Waals surface area (Å²) in [5.74, 6) is -0.330. The maximum Gasteiger partial charge on any atom is 0.254 e. The van der Waals surface area contributed by atoms with Crippen LogP contribution in [-0.2, 0) is 9.53 Å². The number of anilines is 1. The molecule has 0 radical (unpaired) electrons. The number of fused-ring (bicyclic) bond motifs is 4. The van der Waals surface area contributed by atoms with E-state index in [2.05, 4.69) is 4.98 Å². The third-order valence-corrected chi connectivity index (χ3v) is 5.55. The zero-order chi connectivity index (χ0) is 16.8. The van der Waals surface area contributed by atoms with Gasteiger partial charge in [0, 0.05) is 25.7 Å². The molecule has 0 saturated carbocycles. The van der Waals surface area contributed by atoms with Gasteiger partial charge in [-0.15, -0.1) is 0 Å². The van der Waals surface area contributed by atoms with Crippen molar-refractivity contribution in [2.24, 2.45) is 5.92 Å². The minimum absolute atomic E-state index is 0.0514. The zero-order valence-electron chi connectivity index (χ0n) is 13.3. The van der Waals surface area contributed by atoms with Crippen molar-refractivity contribution in [1.29, 1.82) is 0 Å². The van der Waals surface area contributed by atoms with Crippen LogP contribution in [0.3, 0.4) is 0 Å². The molecule has 8 heteroatoms. The molecule has 7 nitrogen and oxygen atoms in total. The first kappa shape index (κ1) is 15.3. The highest BCUT2D eigenvalue weighted by Crippen LogP contribution is 2.26. The van der Waals surface area contributed by atoms with Crippen LogP contribution in [0.15, 0.2) is 18.2 Å². The van der Waals surface area contributed by atoms with E-state index in [-0.39, 0.29) is 23.8 Å². The second kappa shape index (κ2) is 5.71. The first-order chi connectivity index (χ1) is 11.5. The molecule has 3 heterocycles. The number of rotatable bonds is 1. The largest absolute Gasteiger partial charge is 0.378 e. The molecule has 4 rings (SSSR count). The highest BCUT2D eigenvalue weighted by molar-refractivity contribution is 7.22. The molecule has 1 aromatic heterocycles. The van der Waals surface area contributed by atoms with Crippen LogP contribution in [0.25, 0.3) is 10.2 Å². The highest BCUT2D eigenvalue weighted by Gasteiger charge is 2.38. The number of carbonyl (C=O) groups excluding carboxylic acids is 2. The minimum atomic E-state index is -0.301. The van der Waals surface area contributed by atoms with E-state index in [4.69, 9.17) is 10.5 Å². The summed E-state index contributed by atoms with van der Waals surface area (Å²) < 4.78 is 6.53. The summed E-state index contributed by atoms with van der Waals surface area (Å²) in [6.45, 7) is 1.69. The third-order valence-electron chi connectivity index (χ3n) is 4.68. The molecule has 2 fully saturated rings. The topological polar surface area (TPSA) is 88.8 Å². The standard InChI is InChI=1S/C16H18N4O3S/c1-19-11-6-20(5-10(14(19)21)7-23-8-11)15(22)9-2-3-13-12(4-9)18-16(17)24-13/h2-4,10-11H,5-8H2,1H3,(H2,17,18)/t10-,11+/m1/s1. The number of aromatic nitrogens is 1. The fourth-order valence-electron chi connectivity index (χ4n) is 3.32. The number of hydrogen-bond donors (Lipinski definition) is 1. The van der Waals surface area contributed by atoms with E-state index in [0.29, 0.717) is 37.0 Å². The van der Waals surface area contributed by atoms with Crippen LogP contribution in [0.5, 0.6) is 0 Å². The second-order valence-electron chi connectivity index (χ2n) is 6.28. The number of nitrogens with two attached hydrogens (primary N) is 1. The van der Waals surface area contributed by atoms with E-state index in [9.17, 15) is 9.59 Å². The molecule has 2 atom stereocenters. The maximum absolute atomic E-state index is 12.9. The normalized spacial score (nSPS) is 24.3. The molecular weight excluding hydrogens is 328 g/mol. The van der Waals surface area contributed by atoms with Crippen molar-refractivity contribution in [3.63, 3.8) is 0 Å². The molecule has 126 valence electrons. The fraction of sp³-hybridized carbons (Fsp3) is 0.438. The van der Waals surface area contributed by atoms with E-state index in [1.165, 1.54) is 11.3 Å². The van der Waals surface area contributed by atoms with Gasteiger partial charge in [-0.05, 0) is 18.2 Å². The number of hydrogen-bond acceptors (Lipinski definition) is 6. The van der Waals surface area contributed by atoms with Gasteiger partial charge >= 0.3 is 0 Å². The van der Waals surface area contributed by atoms with Crippen molar-refractivity contribution >= 4 is 38.5 Å². The molecule has 2 aliphatic heterocycles. The van der Waals surface area contributed by atoms with Crippen LogP contribution in [0, 0.1) is 5.92 Å². The first-order valence-corrected chi connectivity index (χ1v) is 8.64. The Bertz CT molecular complexity index is 821. The highest BCUT2D eigenvalue weighted by atomic mass is 32.1. The molecule has 2 bridgehead atoms. The lowest BCUT2D eigenvalue weighted by molar-refractivity contribution is -0.133. The van der Waals surface area contributed by atoms with Crippen LogP contribution in [0.2, 0.25) is 0 Å². The summed E-state index contributed by atoms with van der Waals surface area (Å²) in [5, 5.41) is 0.489. The van der Waals surface area contributed by atoms with Gasteiger partial charge in [0.25, 0.3) is 5.91 Å². The first-order valence-electron chi connectivity index (χ1n) is 7.82. The van der Waals surface area contributed by atoms with Crippen molar-refractivity contribution < 1.29 is 14.3 Å². The molecule has 24 heavy (non-hydrogen) atoms. The molecule has 2 aliphatic rings. The number of nitrogens with zero attached hydrogens (tertiary/aromatic N) is 3. The quantitative estimate of drug-likeness (QED) is 0.825. The molecule has 1 aromatic carbocycles. The zero-order valence-corrected chi connectivity index (χ0v) is 14.1. The number of benzene rings is 1. The number of nitrogen functional groups attached to an aromatic ring is 1. The Kier molecular flexibility index (Phi) is 3.65. The summed E-state index contributed by atoms with van der Waals surface area (Å²) in [7, 11) is 1.78. The number of amides is 2. The van der Waals surface area contributed by atoms with E-state index in [1.54, 1.807) is 29.0 Å². The molecule has 2 aromatic rings. The average Bonchev–Trinajstić information content (AvgIpc) is 2.81. The smallest absolute Gasteiger partial charge is 0.254 e. The molecule has 0 aliphatic carbocycles. The summed E-state index contributed by atoms with van der Waals surface area (Å²) in [6, 6.07) is 5.33. The van der Waals surface area contributed by atoms with Gasteiger partial charge in [0.2, 0.25) is 5.91 Å². The van der Waals surface area contributed by atoms with Crippen molar-refractivity contribution in [3.8, 4) is 0 Å². The van der Waals surface area contributed by atoms with Crippen LogP contribution in [0.1, 0.15) is 10.4 Å². The fourth-order valence-corrected chi connectivity index (χ4v) is 4.04. The van der Waals surface area contributed by atoms with Gasteiger partial charge in [-0.2, -0.15) is 0 Å². The number of carbonyl (C=O) groups is 2. The number of likely N-dealkylation sites (N-methyl/N-ethyl adjacent to an activating group) is 1. The lowest BCUT2D eigenvalue weighted by atomic mass is 10.1. The lowest BCUT2D eigenvalue weighted by Gasteiger charge is -2.29. The molecule has 2 N–H and O–H groups in total. The van der Waals surface area contributed by atoms with Gasteiger partial charge in [-0.3, -0.25) is 9.59 Å². The summed E-state index contributed by atoms with van der Waals surface area (Å²) >= 11 is 1.40. The van der Waals surface area contributed by atoms with Crippen LogP contribution >= 0.6 is 11.3 Å². The van der Waals surface area contributed by atoms with Crippen molar-refractivity contribution in [2.75, 3.05) is 39.1 Å². The van der Waals surface area contributed by atoms with E-state index in [1.807, 2.05) is 6.07 Å². The van der Waals surface area contributed by atoms with Crippen molar-refractivity contribution in [3.05, 3.63) is 23.8 Å². The summed E-state index contributed by atoms with van der Waals surface area (Å²) in [4.78, 5) is 33.1. The van der Waals surface area contributed by atoms with E-state index in [0.717, 1.165) is 10.2 Å². The van der Waals surface area contributed by atoms with Gasteiger partial charge in [0.1, 0.15) is 0 Å². The molecular formula is C16H18N4O3S. The Morgan fingerprint density at radius 3 is 3.04 bits per heavy atom. The van der Waals surface area contributed by atoms with Gasteiger partial charge in [-0.25, -0.2) is 4.98 Å². The third kappa shape index (κ3) is 2.51. The number of ether oxygens (including phenoxy) is 1. The Balaban J connectivity index is 1.64. The SMILES string of the molecule is CN1C(=O)[C@H]2COC[C@@H]1CN(C(=O)c1ccc3sc(N)nc3c1)C2. The Labute approximate surface area is 143 Å². The predicted octanol–water partition coefficient (Wildman–Crippen LogP) is 0.808. The summed E-state index contributed by atoms with van der Waals surface area (Å²) in [5.41, 5.74) is 7.03.